The van der Waals surface area contributed by atoms with Crippen LogP contribution in [0.15, 0.2) is 0 Å². The van der Waals surface area contributed by atoms with Crippen LogP contribution in [0.2, 0.25) is 0 Å². The van der Waals surface area contributed by atoms with Gasteiger partial charge in [0, 0.05) is 27.3 Å². The quantitative estimate of drug-likeness (QED) is 0.516. The molecule has 1 amide bonds. The van der Waals surface area contributed by atoms with Crippen LogP contribution in [-0.2, 0) is 9.53 Å². The van der Waals surface area contributed by atoms with Gasteiger partial charge in [-0.3, -0.25) is 4.79 Å². The lowest BCUT2D eigenvalue weighted by Crippen LogP contribution is -2.39. The summed E-state index contributed by atoms with van der Waals surface area (Å²) in [5.41, 5.74) is 5.58. The van der Waals surface area contributed by atoms with Crippen molar-refractivity contribution in [3.05, 3.63) is 0 Å². The van der Waals surface area contributed by atoms with Crippen LogP contribution in [0.3, 0.4) is 0 Å². The number of ether oxygens (including phenoxy) is 1. The lowest BCUT2D eigenvalue weighted by atomic mass is 10.0. The average molecular weight is 246 g/mol. The first-order valence-corrected chi connectivity index (χ1v) is 5.98. The number of amides is 1. The fourth-order valence-corrected chi connectivity index (χ4v) is 1.72. The van der Waals surface area contributed by atoms with Crippen LogP contribution in [0.4, 0.5) is 0 Å². The summed E-state index contributed by atoms with van der Waals surface area (Å²) in [6, 6.07) is 0. The molecule has 5 heteroatoms. The van der Waals surface area contributed by atoms with Crippen LogP contribution in [0.5, 0.6) is 0 Å². The van der Waals surface area contributed by atoms with Crippen LogP contribution in [0, 0.1) is 5.92 Å². The van der Waals surface area contributed by atoms with E-state index in [4.69, 9.17) is 22.7 Å². The van der Waals surface area contributed by atoms with Crippen LogP contribution in [0.25, 0.3) is 0 Å². The molecular weight excluding hydrogens is 224 g/mol. The van der Waals surface area contributed by atoms with Crippen molar-refractivity contribution < 1.29 is 9.53 Å². The van der Waals surface area contributed by atoms with E-state index in [1.54, 1.807) is 19.1 Å². The van der Waals surface area contributed by atoms with Crippen LogP contribution >= 0.6 is 12.2 Å². The first-order chi connectivity index (χ1) is 7.54. The minimum Gasteiger partial charge on any atom is -0.393 e. The van der Waals surface area contributed by atoms with Crippen molar-refractivity contribution in [3.8, 4) is 0 Å². The van der Waals surface area contributed by atoms with Gasteiger partial charge in [0.05, 0.1) is 10.9 Å². The second-order valence-electron chi connectivity index (χ2n) is 3.85. The van der Waals surface area contributed by atoms with Gasteiger partial charge in [-0.05, 0) is 12.8 Å². The molecule has 0 saturated heterocycles. The summed E-state index contributed by atoms with van der Waals surface area (Å²) in [5.74, 6) is -0.294. The summed E-state index contributed by atoms with van der Waals surface area (Å²) in [7, 11) is 3.43. The Morgan fingerprint density at radius 3 is 2.62 bits per heavy atom. The van der Waals surface area contributed by atoms with Crippen LogP contribution < -0.4 is 5.73 Å². The molecule has 1 unspecified atom stereocenters. The summed E-state index contributed by atoms with van der Waals surface area (Å²) in [5, 5.41) is 0. The molecule has 0 aliphatic carbocycles. The molecule has 1 atom stereocenters. The first kappa shape index (κ1) is 15.3. The maximum atomic E-state index is 12.0. The number of hydrogen-bond acceptors (Lipinski definition) is 3. The highest BCUT2D eigenvalue weighted by Gasteiger charge is 2.23. The Morgan fingerprint density at radius 1 is 1.56 bits per heavy atom. The van der Waals surface area contributed by atoms with Crippen molar-refractivity contribution in [2.24, 2.45) is 11.7 Å². The second kappa shape index (κ2) is 8.47. The summed E-state index contributed by atoms with van der Waals surface area (Å²) >= 11 is 4.92. The van der Waals surface area contributed by atoms with Crippen molar-refractivity contribution in [2.45, 2.75) is 26.2 Å². The minimum absolute atomic E-state index is 0.0189. The van der Waals surface area contributed by atoms with E-state index in [1.807, 2.05) is 6.92 Å². The molecule has 0 aromatic rings. The number of carbonyl (C=O) groups excluding carboxylic acids is 1. The summed E-state index contributed by atoms with van der Waals surface area (Å²) in [4.78, 5) is 14.0. The molecule has 0 saturated carbocycles. The number of nitrogens with two attached hydrogens (primary N) is 1. The molecule has 0 aromatic heterocycles. The Morgan fingerprint density at radius 2 is 2.19 bits per heavy atom. The van der Waals surface area contributed by atoms with Crippen molar-refractivity contribution in [3.63, 3.8) is 0 Å². The Labute approximate surface area is 103 Å². The Kier molecular flexibility index (Phi) is 8.11. The zero-order valence-corrected chi connectivity index (χ0v) is 11.2. The largest absolute Gasteiger partial charge is 0.393 e. The normalized spacial score (nSPS) is 12.2. The van der Waals surface area contributed by atoms with Gasteiger partial charge in [-0.1, -0.05) is 25.6 Å². The molecule has 94 valence electrons. The van der Waals surface area contributed by atoms with E-state index in [1.165, 1.54) is 0 Å². The third-order valence-corrected chi connectivity index (χ3v) is 2.72. The average Bonchev–Trinajstić information content (AvgIpc) is 2.24. The third-order valence-electron chi connectivity index (χ3n) is 2.44. The summed E-state index contributed by atoms with van der Waals surface area (Å²) in [6.07, 6.45) is 2.46. The highest BCUT2D eigenvalue weighted by atomic mass is 32.1. The summed E-state index contributed by atoms with van der Waals surface area (Å²) in [6.45, 7) is 3.35. The molecule has 2 N–H and O–H groups in total. The molecule has 0 bridgehead atoms. The van der Waals surface area contributed by atoms with Crippen LogP contribution in [-0.4, -0.2) is 43.1 Å². The fourth-order valence-electron chi connectivity index (χ4n) is 1.50. The number of rotatable bonds is 8. The molecule has 16 heavy (non-hydrogen) atoms. The number of nitrogens with zero attached hydrogens (tertiary/aromatic N) is 1. The van der Waals surface area contributed by atoms with Gasteiger partial charge in [-0.15, -0.1) is 0 Å². The number of thiocarbonyl (C=S) groups is 1. The summed E-state index contributed by atoms with van der Waals surface area (Å²) < 4.78 is 4.94. The zero-order chi connectivity index (χ0) is 12.6. The maximum absolute atomic E-state index is 12.0. The lowest BCUT2D eigenvalue weighted by Gasteiger charge is -2.22. The topological polar surface area (TPSA) is 55.6 Å². The highest BCUT2D eigenvalue weighted by molar-refractivity contribution is 7.80. The molecule has 0 rings (SSSR count). The number of hydrogen-bond donors (Lipinski definition) is 1. The van der Waals surface area contributed by atoms with Crippen molar-refractivity contribution in [1.82, 2.24) is 4.90 Å². The van der Waals surface area contributed by atoms with Gasteiger partial charge in [0.2, 0.25) is 5.91 Å². The molecule has 0 heterocycles. The fraction of sp³-hybridized carbons (Fsp3) is 0.818. The van der Waals surface area contributed by atoms with E-state index in [2.05, 4.69) is 0 Å². The van der Waals surface area contributed by atoms with Crippen LogP contribution in [0.1, 0.15) is 26.2 Å². The van der Waals surface area contributed by atoms with E-state index in [9.17, 15) is 4.79 Å². The highest BCUT2D eigenvalue weighted by Crippen LogP contribution is 2.10. The van der Waals surface area contributed by atoms with E-state index < -0.39 is 0 Å². The van der Waals surface area contributed by atoms with E-state index >= 15 is 0 Å². The van der Waals surface area contributed by atoms with E-state index in [0.717, 1.165) is 19.3 Å². The molecule has 0 aromatic carbocycles. The predicted molar refractivity (Wildman–Crippen MR) is 69.3 cm³/mol. The Balaban J connectivity index is 4.20. The molecular formula is C11H22N2O2S. The van der Waals surface area contributed by atoms with Gasteiger partial charge in [0.1, 0.15) is 0 Å². The van der Waals surface area contributed by atoms with E-state index in [-0.39, 0.29) is 11.8 Å². The SMILES string of the molecule is CCCC(C(=O)N(C)CCCOC)C(N)=S. The van der Waals surface area contributed by atoms with Gasteiger partial charge in [0.25, 0.3) is 0 Å². The van der Waals surface area contributed by atoms with E-state index in [0.29, 0.717) is 18.1 Å². The monoisotopic (exact) mass is 246 g/mol. The van der Waals surface area contributed by atoms with Gasteiger partial charge in [-0.25, -0.2) is 0 Å². The molecule has 0 aliphatic heterocycles. The van der Waals surface area contributed by atoms with Crippen molar-refractivity contribution in [1.29, 1.82) is 0 Å². The Hall–Kier alpha value is -0.680. The molecule has 0 radical (unpaired) electrons. The number of carbonyl (C=O) groups is 1. The van der Waals surface area contributed by atoms with Gasteiger partial charge < -0.3 is 15.4 Å². The molecule has 0 fully saturated rings. The maximum Gasteiger partial charge on any atom is 0.232 e. The lowest BCUT2D eigenvalue weighted by molar-refractivity contribution is -0.132. The smallest absolute Gasteiger partial charge is 0.232 e. The Bertz CT molecular complexity index is 234. The van der Waals surface area contributed by atoms with Crippen molar-refractivity contribution >= 4 is 23.1 Å². The number of methoxy groups -OCH3 is 1. The minimum atomic E-state index is -0.312. The third kappa shape index (κ3) is 5.42. The zero-order valence-electron chi connectivity index (χ0n) is 10.4. The van der Waals surface area contributed by atoms with Crippen molar-refractivity contribution in [2.75, 3.05) is 27.3 Å². The van der Waals surface area contributed by atoms with Gasteiger partial charge in [0.15, 0.2) is 0 Å². The second-order valence-corrected chi connectivity index (χ2v) is 4.32. The molecule has 0 spiro atoms. The predicted octanol–water partition coefficient (Wildman–Crippen LogP) is 1.18. The first-order valence-electron chi connectivity index (χ1n) is 5.57. The standard InChI is InChI=1S/C11H22N2O2S/c1-4-6-9(10(12)16)11(14)13(2)7-5-8-15-3/h9H,4-8H2,1-3H3,(H2,12,16). The molecule has 0 aliphatic rings. The molecule has 4 nitrogen and oxygen atoms in total. The van der Waals surface area contributed by atoms with Gasteiger partial charge in [-0.2, -0.15) is 0 Å². The van der Waals surface area contributed by atoms with Gasteiger partial charge >= 0.3 is 0 Å².